The van der Waals surface area contributed by atoms with Crippen molar-refractivity contribution >= 4 is 0 Å². The molecule has 1 heterocycles. The SMILES string of the molecule is COCc1cc(COC)n(O)c(=O)n1. The fraction of sp³-hybridized carbons (Fsp3) is 0.500. The summed E-state index contributed by atoms with van der Waals surface area (Å²) < 4.78 is 10.1. The summed E-state index contributed by atoms with van der Waals surface area (Å²) >= 11 is 0. The van der Waals surface area contributed by atoms with Crippen LogP contribution < -0.4 is 5.69 Å². The van der Waals surface area contributed by atoms with E-state index in [4.69, 9.17) is 9.47 Å². The van der Waals surface area contributed by atoms with Gasteiger partial charge in [0.05, 0.1) is 24.6 Å². The van der Waals surface area contributed by atoms with Crippen molar-refractivity contribution in [3.05, 3.63) is 27.9 Å². The van der Waals surface area contributed by atoms with Gasteiger partial charge in [-0.2, -0.15) is 4.98 Å². The molecule has 6 nitrogen and oxygen atoms in total. The van der Waals surface area contributed by atoms with Crippen LogP contribution in [0, 0.1) is 0 Å². The number of rotatable bonds is 4. The maximum Gasteiger partial charge on any atom is 0.380 e. The predicted octanol–water partition coefficient (Wildman–Crippen LogP) is -0.227. The van der Waals surface area contributed by atoms with Crippen molar-refractivity contribution in [1.29, 1.82) is 0 Å². The Morgan fingerprint density at radius 3 is 2.64 bits per heavy atom. The lowest BCUT2D eigenvalue weighted by Gasteiger charge is -2.06. The van der Waals surface area contributed by atoms with Crippen LogP contribution >= 0.6 is 0 Å². The fourth-order valence-corrected chi connectivity index (χ4v) is 1.05. The average molecular weight is 200 g/mol. The van der Waals surface area contributed by atoms with Gasteiger partial charge >= 0.3 is 5.69 Å². The molecule has 0 amide bonds. The van der Waals surface area contributed by atoms with Crippen LogP contribution in [-0.2, 0) is 22.7 Å². The Labute approximate surface area is 80.7 Å². The van der Waals surface area contributed by atoms with Gasteiger partial charge in [0.2, 0.25) is 0 Å². The largest absolute Gasteiger partial charge is 0.424 e. The molecule has 1 N–H and O–H groups in total. The molecule has 0 radical (unpaired) electrons. The van der Waals surface area contributed by atoms with Gasteiger partial charge < -0.3 is 14.7 Å². The van der Waals surface area contributed by atoms with Crippen molar-refractivity contribution in [2.75, 3.05) is 14.2 Å². The Morgan fingerprint density at radius 1 is 1.43 bits per heavy atom. The van der Waals surface area contributed by atoms with Crippen molar-refractivity contribution < 1.29 is 14.7 Å². The number of hydrogen-bond donors (Lipinski definition) is 1. The van der Waals surface area contributed by atoms with E-state index in [-0.39, 0.29) is 13.2 Å². The third-order valence-electron chi connectivity index (χ3n) is 1.61. The highest BCUT2D eigenvalue weighted by Gasteiger charge is 2.06. The fourth-order valence-electron chi connectivity index (χ4n) is 1.05. The number of hydrogen-bond acceptors (Lipinski definition) is 5. The third kappa shape index (κ3) is 2.30. The lowest BCUT2D eigenvalue weighted by Crippen LogP contribution is -2.25. The zero-order valence-electron chi connectivity index (χ0n) is 8.06. The van der Waals surface area contributed by atoms with E-state index in [0.717, 1.165) is 0 Å². The highest BCUT2D eigenvalue weighted by Crippen LogP contribution is 2.00. The van der Waals surface area contributed by atoms with Crippen molar-refractivity contribution in [2.24, 2.45) is 0 Å². The highest BCUT2D eigenvalue weighted by molar-refractivity contribution is 5.07. The van der Waals surface area contributed by atoms with E-state index in [1.165, 1.54) is 14.2 Å². The van der Waals surface area contributed by atoms with Gasteiger partial charge in [0, 0.05) is 14.2 Å². The molecule has 1 rings (SSSR count). The van der Waals surface area contributed by atoms with Gasteiger partial charge in [0.25, 0.3) is 0 Å². The van der Waals surface area contributed by atoms with E-state index in [1.54, 1.807) is 6.07 Å². The second-order valence-corrected chi connectivity index (χ2v) is 2.70. The summed E-state index contributed by atoms with van der Waals surface area (Å²) in [5, 5.41) is 9.24. The van der Waals surface area contributed by atoms with Crippen LogP contribution in [0.5, 0.6) is 0 Å². The van der Waals surface area contributed by atoms with Crippen LogP contribution in [0.1, 0.15) is 11.4 Å². The zero-order valence-corrected chi connectivity index (χ0v) is 8.06. The molecule has 0 aromatic carbocycles. The minimum atomic E-state index is -0.730. The number of methoxy groups -OCH3 is 2. The number of aromatic nitrogens is 2. The van der Waals surface area contributed by atoms with E-state index in [1.807, 2.05) is 0 Å². The average Bonchev–Trinajstić information content (AvgIpc) is 2.14. The number of ether oxygens (including phenoxy) is 2. The zero-order chi connectivity index (χ0) is 10.6. The van der Waals surface area contributed by atoms with Gasteiger partial charge in [-0.3, -0.25) is 0 Å². The molecular formula is C8H12N2O4. The second-order valence-electron chi connectivity index (χ2n) is 2.70. The van der Waals surface area contributed by atoms with Crippen molar-refractivity contribution in [1.82, 2.24) is 9.71 Å². The molecule has 0 atom stereocenters. The predicted molar refractivity (Wildman–Crippen MR) is 47.1 cm³/mol. The van der Waals surface area contributed by atoms with Gasteiger partial charge in [0.1, 0.15) is 0 Å². The van der Waals surface area contributed by atoms with Gasteiger partial charge in [-0.05, 0) is 6.07 Å². The van der Waals surface area contributed by atoms with Crippen molar-refractivity contribution in [3.63, 3.8) is 0 Å². The summed E-state index contributed by atoms with van der Waals surface area (Å²) in [5.41, 5.74) is 0.0843. The first kappa shape index (κ1) is 10.7. The summed E-state index contributed by atoms with van der Waals surface area (Å²) in [4.78, 5) is 14.7. The molecule has 14 heavy (non-hydrogen) atoms. The normalized spacial score (nSPS) is 10.4. The highest BCUT2D eigenvalue weighted by atomic mass is 16.5. The van der Waals surface area contributed by atoms with Gasteiger partial charge in [-0.1, -0.05) is 0 Å². The molecule has 0 aliphatic heterocycles. The molecule has 0 fully saturated rings. The standard InChI is InChI=1S/C8H12N2O4/c1-13-4-6-3-7(5-14-2)10(12)8(11)9-6/h3,12H,4-5H2,1-2H3. The topological polar surface area (TPSA) is 73.6 Å². The van der Waals surface area contributed by atoms with Gasteiger partial charge in [0.15, 0.2) is 0 Å². The minimum Gasteiger partial charge on any atom is -0.424 e. The van der Waals surface area contributed by atoms with Crippen LogP contribution in [0.3, 0.4) is 0 Å². The Hall–Kier alpha value is -1.40. The Morgan fingerprint density at radius 2 is 2.07 bits per heavy atom. The minimum absolute atomic E-state index is 0.144. The first-order valence-corrected chi connectivity index (χ1v) is 3.98. The molecule has 1 aromatic rings. The molecule has 78 valence electrons. The van der Waals surface area contributed by atoms with Crippen LogP contribution in [0.4, 0.5) is 0 Å². The molecule has 0 saturated carbocycles. The lowest BCUT2D eigenvalue weighted by molar-refractivity contribution is 0.115. The molecule has 6 heteroatoms. The van der Waals surface area contributed by atoms with Crippen LogP contribution in [0.2, 0.25) is 0 Å². The first-order chi connectivity index (χ1) is 6.69. The molecule has 0 saturated heterocycles. The maximum absolute atomic E-state index is 11.1. The Kier molecular flexibility index (Phi) is 3.61. The quantitative estimate of drug-likeness (QED) is 0.680. The van der Waals surface area contributed by atoms with Crippen molar-refractivity contribution in [2.45, 2.75) is 13.2 Å². The summed E-state index contributed by atoms with van der Waals surface area (Å²) in [7, 11) is 2.98. The summed E-state index contributed by atoms with van der Waals surface area (Å²) in [5.74, 6) is 0. The van der Waals surface area contributed by atoms with Crippen LogP contribution in [0.15, 0.2) is 10.9 Å². The molecule has 0 aliphatic rings. The van der Waals surface area contributed by atoms with E-state index in [9.17, 15) is 10.0 Å². The third-order valence-corrected chi connectivity index (χ3v) is 1.61. The maximum atomic E-state index is 11.1. The van der Waals surface area contributed by atoms with Gasteiger partial charge in [-0.25, -0.2) is 4.79 Å². The second kappa shape index (κ2) is 4.73. The summed E-state index contributed by atoms with van der Waals surface area (Å²) in [6.45, 7) is 0.373. The van der Waals surface area contributed by atoms with E-state index >= 15 is 0 Å². The molecular weight excluding hydrogens is 188 g/mol. The molecule has 0 unspecified atom stereocenters. The monoisotopic (exact) mass is 200 g/mol. The lowest BCUT2D eigenvalue weighted by atomic mass is 10.3. The Balaban J connectivity index is 3.07. The molecule has 1 aromatic heterocycles. The van der Waals surface area contributed by atoms with E-state index in [2.05, 4.69) is 4.98 Å². The summed E-state index contributed by atoms with van der Waals surface area (Å²) in [6, 6.07) is 1.55. The smallest absolute Gasteiger partial charge is 0.380 e. The molecule has 0 bridgehead atoms. The molecule has 0 spiro atoms. The number of nitrogens with zero attached hydrogens (tertiary/aromatic N) is 2. The van der Waals surface area contributed by atoms with E-state index < -0.39 is 5.69 Å². The Bertz CT molecular complexity index is 361. The molecule has 0 aliphatic carbocycles. The first-order valence-electron chi connectivity index (χ1n) is 3.98. The van der Waals surface area contributed by atoms with Crippen molar-refractivity contribution in [3.8, 4) is 0 Å². The van der Waals surface area contributed by atoms with Gasteiger partial charge in [-0.15, -0.1) is 4.73 Å². The van der Waals surface area contributed by atoms with Crippen LogP contribution in [0.25, 0.3) is 0 Å². The summed E-state index contributed by atoms with van der Waals surface area (Å²) in [6.07, 6.45) is 0. The van der Waals surface area contributed by atoms with Crippen LogP contribution in [-0.4, -0.2) is 29.1 Å². The van der Waals surface area contributed by atoms with E-state index in [0.29, 0.717) is 16.1 Å².